The van der Waals surface area contributed by atoms with Crippen LogP contribution in [0.25, 0.3) is 10.9 Å². The minimum Gasteiger partial charge on any atom is -0.471 e. The highest BCUT2D eigenvalue weighted by molar-refractivity contribution is 5.86. The number of hydrogen-bond acceptors (Lipinski definition) is 8. The maximum absolute atomic E-state index is 6.10. The topological polar surface area (TPSA) is 81.4 Å². The summed E-state index contributed by atoms with van der Waals surface area (Å²) < 4.78 is 13.4. The monoisotopic (exact) mass is 395 g/mol. The van der Waals surface area contributed by atoms with E-state index in [2.05, 4.69) is 48.3 Å². The molecular weight excluding hydrogens is 370 g/mol. The van der Waals surface area contributed by atoms with Gasteiger partial charge in [-0.15, -0.1) is 5.10 Å². The average Bonchev–Trinajstić information content (AvgIpc) is 3.47. The number of piperazine rings is 1. The molecule has 0 radical (unpaired) electrons. The molecule has 2 aliphatic heterocycles. The molecule has 2 aliphatic rings. The van der Waals surface area contributed by atoms with Gasteiger partial charge in [-0.2, -0.15) is 0 Å². The Morgan fingerprint density at radius 2 is 2.03 bits per heavy atom. The number of nitrogens with zero attached hydrogens (tertiary/aromatic N) is 7. The van der Waals surface area contributed by atoms with Gasteiger partial charge in [-0.1, -0.05) is 5.21 Å². The molecule has 29 heavy (non-hydrogen) atoms. The number of anilines is 1. The van der Waals surface area contributed by atoms with E-state index in [1.807, 2.05) is 10.9 Å². The highest BCUT2D eigenvalue weighted by Gasteiger charge is 2.21. The molecule has 2 fully saturated rings. The minimum absolute atomic E-state index is 0.0743. The molecule has 4 heterocycles. The van der Waals surface area contributed by atoms with Crippen LogP contribution in [0.1, 0.15) is 6.42 Å². The lowest BCUT2D eigenvalue weighted by Crippen LogP contribution is -2.47. The summed E-state index contributed by atoms with van der Waals surface area (Å²) in [6.07, 6.45) is 6.18. The third-order valence-electron chi connectivity index (χ3n) is 5.60. The van der Waals surface area contributed by atoms with Crippen molar-refractivity contribution in [3.05, 3.63) is 36.9 Å². The first-order valence-corrected chi connectivity index (χ1v) is 10.2. The molecule has 0 amide bonds. The summed E-state index contributed by atoms with van der Waals surface area (Å²) >= 11 is 0. The van der Waals surface area contributed by atoms with Crippen LogP contribution in [-0.4, -0.2) is 81.9 Å². The van der Waals surface area contributed by atoms with E-state index in [0.717, 1.165) is 63.2 Å². The molecule has 0 saturated carbocycles. The zero-order valence-electron chi connectivity index (χ0n) is 16.4. The van der Waals surface area contributed by atoms with Crippen LogP contribution < -0.4 is 9.64 Å². The van der Waals surface area contributed by atoms with Gasteiger partial charge in [0.2, 0.25) is 5.88 Å². The summed E-state index contributed by atoms with van der Waals surface area (Å²) in [6.45, 7) is 7.28. The smallest absolute Gasteiger partial charge is 0.224 e. The first-order valence-electron chi connectivity index (χ1n) is 10.2. The standard InChI is InChI=1S/C20H25N7O2/c1-2-19-18(20(22-15-21-19)29-17-3-12-28-14-17)13-16(1)26-9-6-25(7-10-26)8-11-27-5-4-23-24-27/h1-2,4-5,13,15,17H,3,6-12,14H2. The first-order chi connectivity index (χ1) is 14.3. The first kappa shape index (κ1) is 18.3. The van der Waals surface area contributed by atoms with Crippen LogP contribution in [0.4, 0.5) is 5.69 Å². The van der Waals surface area contributed by atoms with Crippen molar-refractivity contribution in [2.75, 3.05) is 50.8 Å². The number of fused-ring (bicyclic) bond motifs is 1. The van der Waals surface area contributed by atoms with E-state index in [9.17, 15) is 0 Å². The van der Waals surface area contributed by atoms with Crippen molar-refractivity contribution in [2.45, 2.75) is 19.1 Å². The van der Waals surface area contributed by atoms with Crippen LogP contribution in [0.3, 0.4) is 0 Å². The number of rotatable bonds is 6. The van der Waals surface area contributed by atoms with E-state index in [-0.39, 0.29) is 6.10 Å². The molecule has 5 rings (SSSR count). The molecule has 152 valence electrons. The highest BCUT2D eigenvalue weighted by atomic mass is 16.5. The SMILES string of the molecule is c1cn(CCN2CCN(c3ccc4ncnc(OC5CCOC5)c4c3)CC2)nn1. The Morgan fingerprint density at radius 1 is 1.10 bits per heavy atom. The van der Waals surface area contributed by atoms with Gasteiger partial charge in [0.15, 0.2) is 0 Å². The molecule has 2 aromatic heterocycles. The van der Waals surface area contributed by atoms with Gasteiger partial charge in [-0.05, 0) is 18.2 Å². The zero-order valence-corrected chi connectivity index (χ0v) is 16.4. The second kappa shape index (κ2) is 8.30. The maximum Gasteiger partial charge on any atom is 0.224 e. The Kier molecular flexibility index (Phi) is 5.23. The number of aromatic nitrogens is 5. The van der Waals surface area contributed by atoms with Gasteiger partial charge in [-0.3, -0.25) is 9.58 Å². The Labute approximate surface area is 169 Å². The van der Waals surface area contributed by atoms with Gasteiger partial charge >= 0.3 is 0 Å². The van der Waals surface area contributed by atoms with Crippen LogP contribution in [0.5, 0.6) is 5.88 Å². The van der Waals surface area contributed by atoms with Crippen LogP contribution in [0.2, 0.25) is 0 Å². The van der Waals surface area contributed by atoms with Gasteiger partial charge in [0.05, 0.1) is 36.9 Å². The van der Waals surface area contributed by atoms with E-state index in [0.29, 0.717) is 12.5 Å². The maximum atomic E-state index is 6.10. The van der Waals surface area contributed by atoms with Crippen molar-refractivity contribution in [2.24, 2.45) is 0 Å². The molecule has 0 bridgehead atoms. The van der Waals surface area contributed by atoms with Gasteiger partial charge in [0.25, 0.3) is 0 Å². The van der Waals surface area contributed by atoms with Gasteiger partial charge in [0.1, 0.15) is 12.4 Å². The molecule has 9 nitrogen and oxygen atoms in total. The van der Waals surface area contributed by atoms with Gasteiger partial charge in [-0.25, -0.2) is 9.97 Å². The molecule has 0 spiro atoms. The number of ether oxygens (including phenoxy) is 2. The van der Waals surface area contributed by atoms with Crippen molar-refractivity contribution in [1.29, 1.82) is 0 Å². The molecule has 1 atom stereocenters. The quantitative estimate of drug-likeness (QED) is 0.616. The summed E-state index contributed by atoms with van der Waals surface area (Å²) in [5, 5.41) is 8.86. The fourth-order valence-electron chi connectivity index (χ4n) is 3.90. The van der Waals surface area contributed by atoms with E-state index in [1.54, 1.807) is 12.5 Å². The lowest BCUT2D eigenvalue weighted by Gasteiger charge is -2.36. The molecule has 0 aliphatic carbocycles. The third-order valence-corrected chi connectivity index (χ3v) is 5.60. The minimum atomic E-state index is 0.0743. The predicted molar refractivity (Wildman–Crippen MR) is 108 cm³/mol. The average molecular weight is 395 g/mol. The van der Waals surface area contributed by atoms with Crippen molar-refractivity contribution >= 4 is 16.6 Å². The Balaban J connectivity index is 1.25. The Hall–Kier alpha value is -2.78. The van der Waals surface area contributed by atoms with Crippen molar-refractivity contribution in [3.63, 3.8) is 0 Å². The van der Waals surface area contributed by atoms with Crippen LogP contribution in [0.15, 0.2) is 36.9 Å². The van der Waals surface area contributed by atoms with Gasteiger partial charge in [0, 0.05) is 51.0 Å². The highest BCUT2D eigenvalue weighted by Crippen LogP contribution is 2.28. The molecule has 1 unspecified atom stereocenters. The summed E-state index contributed by atoms with van der Waals surface area (Å²) in [5.41, 5.74) is 2.10. The van der Waals surface area contributed by atoms with Crippen molar-refractivity contribution < 1.29 is 9.47 Å². The van der Waals surface area contributed by atoms with E-state index in [1.165, 1.54) is 5.69 Å². The number of hydrogen-bond donors (Lipinski definition) is 0. The summed E-state index contributed by atoms with van der Waals surface area (Å²) in [4.78, 5) is 13.7. The third kappa shape index (κ3) is 4.15. The summed E-state index contributed by atoms with van der Waals surface area (Å²) in [5.74, 6) is 0.652. The fraction of sp³-hybridized carbons (Fsp3) is 0.500. The largest absolute Gasteiger partial charge is 0.471 e. The second-order valence-electron chi connectivity index (χ2n) is 7.48. The normalized spacial score (nSPS) is 20.4. The lowest BCUT2D eigenvalue weighted by atomic mass is 10.2. The van der Waals surface area contributed by atoms with E-state index < -0.39 is 0 Å². The summed E-state index contributed by atoms with van der Waals surface area (Å²) in [7, 11) is 0. The number of benzene rings is 1. The van der Waals surface area contributed by atoms with Crippen LogP contribution >= 0.6 is 0 Å². The fourth-order valence-corrected chi connectivity index (χ4v) is 3.90. The molecular formula is C20H25N7O2. The van der Waals surface area contributed by atoms with E-state index >= 15 is 0 Å². The van der Waals surface area contributed by atoms with Crippen molar-refractivity contribution in [3.8, 4) is 5.88 Å². The van der Waals surface area contributed by atoms with Gasteiger partial charge < -0.3 is 14.4 Å². The Morgan fingerprint density at radius 3 is 2.83 bits per heavy atom. The van der Waals surface area contributed by atoms with E-state index in [4.69, 9.17) is 9.47 Å². The lowest BCUT2D eigenvalue weighted by molar-refractivity contribution is 0.139. The molecule has 0 N–H and O–H groups in total. The second-order valence-corrected chi connectivity index (χ2v) is 7.48. The van der Waals surface area contributed by atoms with Crippen molar-refractivity contribution in [1.82, 2.24) is 29.9 Å². The van der Waals surface area contributed by atoms with Crippen LogP contribution in [-0.2, 0) is 11.3 Å². The van der Waals surface area contributed by atoms with Crippen LogP contribution in [0, 0.1) is 0 Å². The molecule has 2 saturated heterocycles. The predicted octanol–water partition coefficient (Wildman–Crippen LogP) is 1.21. The molecule has 1 aromatic carbocycles. The summed E-state index contributed by atoms with van der Waals surface area (Å²) in [6, 6.07) is 6.36. The molecule has 3 aromatic rings. The molecule has 9 heteroatoms. The Bertz CT molecular complexity index is 935. The zero-order chi connectivity index (χ0) is 19.5.